The second-order valence-electron chi connectivity index (χ2n) is 4.86. The van der Waals surface area contributed by atoms with Crippen molar-refractivity contribution in [2.24, 2.45) is 0 Å². The lowest BCUT2D eigenvalue weighted by Crippen LogP contribution is -2.28. The van der Waals surface area contributed by atoms with Crippen molar-refractivity contribution in [1.29, 1.82) is 0 Å². The number of ketones is 1. The Morgan fingerprint density at radius 1 is 1.17 bits per heavy atom. The predicted octanol–water partition coefficient (Wildman–Crippen LogP) is 2.44. The van der Waals surface area contributed by atoms with E-state index >= 15 is 0 Å². The number of rotatable bonds is 4. The molecule has 1 aliphatic rings. The van der Waals surface area contributed by atoms with Crippen LogP contribution in [0.25, 0.3) is 0 Å². The highest BCUT2D eigenvalue weighted by Crippen LogP contribution is 2.17. The third kappa shape index (κ3) is 2.97. The van der Waals surface area contributed by atoms with Crippen molar-refractivity contribution >= 4 is 11.7 Å². The van der Waals surface area contributed by atoms with Gasteiger partial charge in [-0.3, -0.25) is 4.79 Å². The normalized spacial score (nSPS) is 14.8. The lowest BCUT2D eigenvalue weighted by atomic mass is 10.0. The summed E-state index contributed by atoms with van der Waals surface area (Å²) in [5.41, 5.74) is 1.75. The molecule has 0 atom stereocenters. The number of aryl methyl sites for hydroxylation is 1. The number of nitrogens with zero attached hydrogens (tertiary/aromatic N) is 1. The fourth-order valence-corrected chi connectivity index (χ4v) is 2.35. The topological polar surface area (TPSA) is 37.4 Å². The predicted molar refractivity (Wildman–Crippen MR) is 70.6 cm³/mol. The van der Waals surface area contributed by atoms with Crippen LogP contribution in [0.15, 0.2) is 24.3 Å². The first-order valence-corrected chi connectivity index (χ1v) is 6.55. The molecule has 1 amide bonds. The zero-order chi connectivity index (χ0) is 13.0. The van der Waals surface area contributed by atoms with Gasteiger partial charge in [-0.05, 0) is 37.8 Å². The fourth-order valence-electron chi connectivity index (χ4n) is 2.35. The first-order valence-electron chi connectivity index (χ1n) is 6.55. The Morgan fingerprint density at radius 2 is 1.83 bits per heavy atom. The highest BCUT2D eigenvalue weighted by atomic mass is 16.2. The van der Waals surface area contributed by atoms with Gasteiger partial charge in [-0.15, -0.1) is 0 Å². The van der Waals surface area contributed by atoms with Crippen molar-refractivity contribution in [3.63, 3.8) is 0 Å². The summed E-state index contributed by atoms with van der Waals surface area (Å²) in [7, 11) is 0. The summed E-state index contributed by atoms with van der Waals surface area (Å²) in [6, 6.07) is 7.64. The molecule has 1 aromatic carbocycles. The van der Waals surface area contributed by atoms with Crippen LogP contribution in [0, 0.1) is 0 Å². The van der Waals surface area contributed by atoms with Gasteiger partial charge >= 0.3 is 0 Å². The van der Waals surface area contributed by atoms with E-state index in [4.69, 9.17) is 0 Å². The monoisotopic (exact) mass is 245 g/mol. The zero-order valence-electron chi connectivity index (χ0n) is 10.8. The van der Waals surface area contributed by atoms with Crippen molar-refractivity contribution in [1.82, 2.24) is 4.90 Å². The summed E-state index contributed by atoms with van der Waals surface area (Å²) in [5.74, 6) is 0.282. The molecule has 1 aromatic rings. The number of carbonyl (C=O) groups excluding carboxylic acids is 2. The molecule has 18 heavy (non-hydrogen) atoms. The first-order chi connectivity index (χ1) is 8.68. The Morgan fingerprint density at radius 3 is 2.50 bits per heavy atom. The summed E-state index contributed by atoms with van der Waals surface area (Å²) < 4.78 is 0. The third-order valence-electron chi connectivity index (χ3n) is 3.39. The number of hydrogen-bond acceptors (Lipinski definition) is 2. The summed E-state index contributed by atoms with van der Waals surface area (Å²) in [5, 5.41) is 0. The van der Waals surface area contributed by atoms with Crippen LogP contribution < -0.4 is 0 Å². The van der Waals surface area contributed by atoms with Crippen LogP contribution in [0.3, 0.4) is 0 Å². The molecule has 0 unspecified atom stereocenters. The average molecular weight is 245 g/mol. The molecule has 1 saturated heterocycles. The molecule has 0 N–H and O–H groups in total. The number of likely N-dealkylation sites (tertiary alicyclic amines) is 1. The summed E-state index contributed by atoms with van der Waals surface area (Å²) in [6.07, 6.45) is 3.36. The van der Waals surface area contributed by atoms with E-state index in [2.05, 4.69) is 0 Å². The largest absolute Gasteiger partial charge is 0.339 e. The molecule has 2 rings (SSSR count). The Bertz CT molecular complexity index is 448. The van der Waals surface area contributed by atoms with E-state index in [0.717, 1.165) is 37.1 Å². The quantitative estimate of drug-likeness (QED) is 0.817. The van der Waals surface area contributed by atoms with E-state index in [1.165, 1.54) is 0 Å². The van der Waals surface area contributed by atoms with E-state index in [1.807, 2.05) is 29.2 Å². The van der Waals surface area contributed by atoms with Crippen molar-refractivity contribution < 1.29 is 9.59 Å². The molecule has 0 aliphatic carbocycles. The standard InChI is InChI=1S/C15H19NO2/c1-12(17)8-9-13-6-2-3-7-14(13)15(18)16-10-4-5-11-16/h2-3,6-7H,4-5,8-11H2,1H3. The molecule has 1 heterocycles. The number of hydrogen-bond donors (Lipinski definition) is 0. The molecule has 1 aliphatic heterocycles. The molecule has 0 aromatic heterocycles. The molecule has 1 fully saturated rings. The van der Waals surface area contributed by atoms with E-state index < -0.39 is 0 Å². The smallest absolute Gasteiger partial charge is 0.254 e. The van der Waals surface area contributed by atoms with Crippen molar-refractivity contribution in [2.45, 2.75) is 32.6 Å². The van der Waals surface area contributed by atoms with Gasteiger partial charge in [0.2, 0.25) is 0 Å². The summed E-state index contributed by atoms with van der Waals surface area (Å²) in [4.78, 5) is 25.3. The minimum atomic E-state index is 0.117. The molecule has 0 bridgehead atoms. The first kappa shape index (κ1) is 12.8. The van der Waals surface area contributed by atoms with Crippen LogP contribution in [-0.2, 0) is 11.2 Å². The maximum absolute atomic E-state index is 12.4. The van der Waals surface area contributed by atoms with Gasteiger partial charge in [0.25, 0.3) is 5.91 Å². The van der Waals surface area contributed by atoms with Gasteiger partial charge in [0, 0.05) is 25.1 Å². The van der Waals surface area contributed by atoms with Crippen LogP contribution in [-0.4, -0.2) is 29.7 Å². The molecular formula is C15H19NO2. The van der Waals surface area contributed by atoms with Crippen molar-refractivity contribution in [3.8, 4) is 0 Å². The van der Waals surface area contributed by atoms with Gasteiger partial charge in [-0.25, -0.2) is 0 Å². The van der Waals surface area contributed by atoms with E-state index in [1.54, 1.807) is 6.92 Å². The molecule has 0 spiro atoms. The molecule has 96 valence electrons. The fraction of sp³-hybridized carbons (Fsp3) is 0.467. The Balaban J connectivity index is 2.15. The molecule has 3 heteroatoms. The molecular weight excluding hydrogens is 226 g/mol. The minimum Gasteiger partial charge on any atom is -0.339 e. The van der Waals surface area contributed by atoms with Gasteiger partial charge in [-0.2, -0.15) is 0 Å². The maximum atomic E-state index is 12.4. The van der Waals surface area contributed by atoms with Gasteiger partial charge in [0.1, 0.15) is 5.78 Å². The van der Waals surface area contributed by atoms with Gasteiger partial charge in [0.05, 0.1) is 0 Å². The Kier molecular flexibility index (Phi) is 4.13. The SMILES string of the molecule is CC(=O)CCc1ccccc1C(=O)N1CCCC1. The lowest BCUT2D eigenvalue weighted by molar-refractivity contribution is -0.116. The number of carbonyl (C=O) groups is 2. The van der Waals surface area contributed by atoms with Gasteiger partial charge in [-0.1, -0.05) is 18.2 Å². The minimum absolute atomic E-state index is 0.117. The lowest BCUT2D eigenvalue weighted by Gasteiger charge is -2.17. The van der Waals surface area contributed by atoms with Crippen LogP contribution in [0.2, 0.25) is 0 Å². The Hall–Kier alpha value is -1.64. The van der Waals surface area contributed by atoms with E-state index in [0.29, 0.717) is 12.8 Å². The highest BCUT2D eigenvalue weighted by molar-refractivity contribution is 5.96. The second kappa shape index (κ2) is 5.80. The summed E-state index contributed by atoms with van der Waals surface area (Å²) in [6.45, 7) is 3.31. The number of Topliss-reactive ketones (excluding diaryl/α,β-unsaturated/α-hetero) is 1. The van der Waals surface area contributed by atoms with Crippen LogP contribution in [0.1, 0.15) is 42.1 Å². The van der Waals surface area contributed by atoms with E-state index in [-0.39, 0.29) is 11.7 Å². The molecule has 0 saturated carbocycles. The van der Waals surface area contributed by atoms with Crippen molar-refractivity contribution in [3.05, 3.63) is 35.4 Å². The van der Waals surface area contributed by atoms with Crippen LogP contribution in [0.5, 0.6) is 0 Å². The second-order valence-corrected chi connectivity index (χ2v) is 4.86. The molecule has 3 nitrogen and oxygen atoms in total. The van der Waals surface area contributed by atoms with Crippen LogP contribution in [0.4, 0.5) is 0 Å². The van der Waals surface area contributed by atoms with Gasteiger partial charge < -0.3 is 9.69 Å². The molecule has 0 radical (unpaired) electrons. The van der Waals surface area contributed by atoms with Crippen molar-refractivity contribution in [2.75, 3.05) is 13.1 Å². The highest BCUT2D eigenvalue weighted by Gasteiger charge is 2.21. The number of amides is 1. The maximum Gasteiger partial charge on any atom is 0.254 e. The third-order valence-corrected chi connectivity index (χ3v) is 3.39. The summed E-state index contributed by atoms with van der Waals surface area (Å²) >= 11 is 0. The Labute approximate surface area is 108 Å². The number of benzene rings is 1. The zero-order valence-corrected chi connectivity index (χ0v) is 10.8. The average Bonchev–Trinajstić information content (AvgIpc) is 2.89. The van der Waals surface area contributed by atoms with Gasteiger partial charge in [0.15, 0.2) is 0 Å². The van der Waals surface area contributed by atoms with E-state index in [9.17, 15) is 9.59 Å². The van der Waals surface area contributed by atoms with Crippen LogP contribution >= 0.6 is 0 Å².